The number of likely N-dealkylation sites (tertiary alicyclic amines) is 1. The summed E-state index contributed by atoms with van der Waals surface area (Å²) in [4.78, 5) is 23.4. The number of aliphatic imine (C=N–C) groups is 1. The number of nitrogens with one attached hydrogen (secondary N) is 1. The Hall–Kier alpha value is -2.35. The van der Waals surface area contributed by atoms with Gasteiger partial charge in [-0.25, -0.2) is 4.39 Å². The summed E-state index contributed by atoms with van der Waals surface area (Å²) in [6.07, 6.45) is 2.61. The van der Waals surface area contributed by atoms with Crippen LogP contribution in [0.3, 0.4) is 0 Å². The Bertz CT molecular complexity index is 728. The number of hydrogen-bond donors (Lipinski definition) is 1. The molecule has 2 saturated heterocycles. The summed E-state index contributed by atoms with van der Waals surface area (Å²) in [6.45, 7) is 9.90. The molecule has 0 bridgehead atoms. The third kappa shape index (κ3) is 6.56. The lowest BCUT2D eigenvalue weighted by Gasteiger charge is -2.36. The van der Waals surface area contributed by atoms with Crippen molar-refractivity contribution in [2.24, 2.45) is 10.9 Å². The van der Waals surface area contributed by atoms with Crippen molar-refractivity contribution >= 4 is 17.6 Å². The summed E-state index contributed by atoms with van der Waals surface area (Å²) in [6, 6.07) is 7.01. The van der Waals surface area contributed by atoms with E-state index in [9.17, 15) is 9.18 Å². The molecule has 0 unspecified atom stereocenters. The van der Waals surface area contributed by atoms with Crippen molar-refractivity contribution in [3.63, 3.8) is 0 Å². The number of rotatable bonds is 7. The van der Waals surface area contributed by atoms with E-state index in [1.54, 1.807) is 6.07 Å². The van der Waals surface area contributed by atoms with E-state index in [1.165, 1.54) is 13.2 Å². The Kier molecular flexibility index (Phi) is 8.94. The maximum absolute atomic E-state index is 14.0. The summed E-state index contributed by atoms with van der Waals surface area (Å²) in [5, 5.41) is 3.38. The zero-order chi connectivity index (χ0) is 22.1. The van der Waals surface area contributed by atoms with Crippen LogP contribution in [0.5, 0.6) is 0 Å². The second kappa shape index (κ2) is 11.9. The molecule has 3 rings (SSSR count). The number of piperazine rings is 1. The van der Waals surface area contributed by atoms with Gasteiger partial charge >= 0.3 is 5.97 Å². The first-order chi connectivity index (χ1) is 15.1. The van der Waals surface area contributed by atoms with Gasteiger partial charge in [-0.15, -0.1) is 0 Å². The average Bonchev–Trinajstić information content (AvgIpc) is 2.81. The van der Waals surface area contributed by atoms with Crippen LogP contribution in [0, 0.1) is 11.7 Å². The van der Waals surface area contributed by atoms with Crippen molar-refractivity contribution in [1.82, 2.24) is 15.1 Å². The summed E-state index contributed by atoms with van der Waals surface area (Å²) < 4.78 is 18.9. The monoisotopic (exact) mass is 433 g/mol. The average molecular weight is 434 g/mol. The topological polar surface area (TPSA) is 60.4 Å². The van der Waals surface area contributed by atoms with Crippen LogP contribution in [0.1, 0.15) is 26.2 Å². The normalized spacial score (nSPS) is 18.9. The van der Waals surface area contributed by atoms with E-state index in [4.69, 9.17) is 9.73 Å². The Balaban J connectivity index is 1.40. The molecule has 0 spiro atoms. The summed E-state index contributed by atoms with van der Waals surface area (Å²) in [5.74, 6) is 0.705. The minimum atomic E-state index is -0.142. The Morgan fingerprint density at radius 3 is 2.52 bits per heavy atom. The Morgan fingerprint density at radius 2 is 1.87 bits per heavy atom. The fourth-order valence-corrected chi connectivity index (χ4v) is 4.32. The minimum Gasteiger partial charge on any atom is -0.469 e. The van der Waals surface area contributed by atoms with Crippen LogP contribution in [0.4, 0.5) is 10.1 Å². The number of benzene rings is 1. The first-order valence-corrected chi connectivity index (χ1v) is 11.4. The number of nitrogens with zero attached hydrogens (tertiary/aromatic N) is 4. The summed E-state index contributed by atoms with van der Waals surface area (Å²) >= 11 is 0. The van der Waals surface area contributed by atoms with Gasteiger partial charge in [0.1, 0.15) is 5.82 Å². The molecule has 2 fully saturated rings. The highest BCUT2D eigenvalue weighted by molar-refractivity contribution is 5.80. The molecular formula is C23H36FN5O2. The predicted molar refractivity (Wildman–Crippen MR) is 122 cm³/mol. The van der Waals surface area contributed by atoms with Gasteiger partial charge in [-0.3, -0.25) is 14.7 Å². The number of halogens is 1. The molecule has 1 aromatic carbocycles. The molecule has 2 aliphatic heterocycles. The maximum Gasteiger partial charge on any atom is 0.308 e. The van der Waals surface area contributed by atoms with Crippen molar-refractivity contribution in [2.75, 3.05) is 70.9 Å². The molecule has 172 valence electrons. The molecule has 7 nitrogen and oxygen atoms in total. The van der Waals surface area contributed by atoms with E-state index in [0.717, 1.165) is 84.1 Å². The van der Waals surface area contributed by atoms with Crippen molar-refractivity contribution in [1.29, 1.82) is 0 Å². The van der Waals surface area contributed by atoms with Crippen molar-refractivity contribution in [2.45, 2.75) is 26.2 Å². The first kappa shape index (κ1) is 23.3. The first-order valence-electron chi connectivity index (χ1n) is 11.4. The van der Waals surface area contributed by atoms with Gasteiger partial charge in [-0.05, 0) is 38.3 Å². The van der Waals surface area contributed by atoms with E-state index < -0.39 is 0 Å². The van der Waals surface area contributed by atoms with Crippen LogP contribution in [0.25, 0.3) is 0 Å². The van der Waals surface area contributed by atoms with Gasteiger partial charge < -0.3 is 19.9 Å². The molecule has 0 radical (unpaired) electrons. The van der Waals surface area contributed by atoms with Gasteiger partial charge in [0, 0.05) is 58.9 Å². The van der Waals surface area contributed by atoms with E-state index in [-0.39, 0.29) is 17.7 Å². The van der Waals surface area contributed by atoms with Gasteiger partial charge in [-0.2, -0.15) is 0 Å². The van der Waals surface area contributed by atoms with Gasteiger partial charge in [0.2, 0.25) is 0 Å². The predicted octanol–water partition coefficient (Wildman–Crippen LogP) is 2.19. The van der Waals surface area contributed by atoms with E-state index in [0.29, 0.717) is 5.69 Å². The molecule has 0 atom stereocenters. The van der Waals surface area contributed by atoms with Crippen molar-refractivity contribution in [3.8, 4) is 0 Å². The molecule has 31 heavy (non-hydrogen) atoms. The SMILES string of the molecule is CCNC(=NCCCN1CCN(c2ccccc2F)CC1)N1CCC(C(=O)OC)CC1. The molecule has 0 aromatic heterocycles. The number of anilines is 1. The molecule has 1 aromatic rings. The van der Waals surface area contributed by atoms with Crippen LogP contribution >= 0.6 is 0 Å². The minimum absolute atomic E-state index is 0.00662. The zero-order valence-corrected chi connectivity index (χ0v) is 18.9. The quantitative estimate of drug-likeness (QED) is 0.308. The molecular weight excluding hydrogens is 397 g/mol. The number of carbonyl (C=O) groups excluding carboxylic acids is 1. The molecule has 0 amide bonds. The highest BCUT2D eigenvalue weighted by atomic mass is 19.1. The Labute approximate surface area is 185 Å². The van der Waals surface area contributed by atoms with Gasteiger partial charge in [0.05, 0.1) is 18.7 Å². The van der Waals surface area contributed by atoms with Gasteiger partial charge in [0.25, 0.3) is 0 Å². The second-order valence-corrected chi connectivity index (χ2v) is 8.15. The van der Waals surface area contributed by atoms with E-state index in [1.807, 2.05) is 12.1 Å². The lowest BCUT2D eigenvalue weighted by atomic mass is 9.97. The van der Waals surface area contributed by atoms with Crippen molar-refractivity contribution in [3.05, 3.63) is 30.1 Å². The van der Waals surface area contributed by atoms with Crippen LogP contribution < -0.4 is 10.2 Å². The lowest BCUT2D eigenvalue weighted by Crippen LogP contribution is -2.47. The van der Waals surface area contributed by atoms with Crippen LogP contribution in [-0.4, -0.2) is 87.7 Å². The number of carbonyl (C=O) groups is 1. The van der Waals surface area contributed by atoms with Crippen molar-refractivity contribution < 1.29 is 13.9 Å². The standard InChI is InChI=1S/C23H36FN5O2/c1-3-25-23(29-13-9-19(10-14-29)22(30)31-2)26-11-6-12-27-15-17-28(18-16-27)21-8-5-4-7-20(21)24/h4-5,7-8,19H,3,6,9-18H2,1-2H3,(H,25,26). The van der Waals surface area contributed by atoms with E-state index in [2.05, 4.69) is 26.9 Å². The molecule has 1 N–H and O–H groups in total. The van der Waals surface area contributed by atoms with Gasteiger partial charge in [-0.1, -0.05) is 12.1 Å². The molecule has 0 aliphatic carbocycles. The van der Waals surface area contributed by atoms with E-state index >= 15 is 0 Å². The number of methoxy groups -OCH3 is 1. The van der Waals surface area contributed by atoms with Crippen LogP contribution in [0.15, 0.2) is 29.3 Å². The summed E-state index contributed by atoms with van der Waals surface area (Å²) in [5.41, 5.74) is 0.706. The molecule has 2 heterocycles. The smallest absolute Gasteiger partial charge is 0.308 e. The van der Waals surface area contributed by atoms with Crippen LogP contribution in [-0.2, 0) is 9.53 Å². The highest BCUT2D eigenvalue weighted by Gasteiger charge is 2.27. The number of hydrogen-bond acceptors (Lipinski definition) is 5. The zero-order valence-electron chi connectivity index (χ0n) is 18.9. The fraction of sp³-hybridized carbons (Fsp3) is 0.652. The molecule has 0 saturated carbocycles. The number of esters is 1. The third-order valence-electron chi connectivity index (χ3n) is 6.12. The number of guanidine groups is 1. The lowest BCUT2D eigenvalue weighted by molar-refractivity contribution is -0.146. The number of ether oxygens (including phenoxy) is 1. The third-order valence-corrected chi connectivity index (χ3v) is 6.12. The number of piperidine rings is 1. The fourth-order valence-electron chi connectivity index (χ4n) is 4.32. The largest absolute Gasteiger partial charge is 0.469 e. The molecule has 8 heteroatoms. The maximum atomic E-state index is 14.0. The highest BCUT2D eigenvalue weighted by Crippen LogP contribution is 2.20. The number of para-hydroxylation sites is 1. The molecule has 2 aliphatic rings. The van der Waals surface area contributed by atoms with Crippen LogP contribution in [0.2, 0.25) is 0 Å². The second-order valence-electron chi connectivity index (χ2n) is 8.15. The Morgan fingerprint density at radius 1 is 1.16 bits per heavy atom. The summed E-state index contributed by atoms with van der Waals surface area (Å²) in [7, 11) is 1.46. The van der Waals surface area contributed by atoms with Gasteiger partial charge in [0.15, 0.2) is 5.96 Å².